The van der Waals surface area contributed by atoms with Crippen LogP contribution in [0.15, 0.2) is 17.5 Å². The number of aliphatic hydroxyl groups excluding tert-OH is 1. The maximum Gasteiger partial charge on any atom is 0.303 e. The van der Waals surface area contributed by atoms with Gasteiger partial charge in [0.2, 0.25) is 0 Å². The Morgan fingerprint density at radius 2 is 2.37 bits per heavy atom. The molecule has 0 aliphatic rings. The second kappa shape index (κ2) is 9.03. The van der Waals surface area contributed by atoms with Crippen LogP contribution in [0.25, 0.3) is 0 Å². The Bertz CT molecular complexity index is 356. The highest BCUT2D eigenvalue weighted by Crippen LogP contribution is 2.24. The van der Waals surface area contributed by atoms with Crippen LogP contribution in [0.2, 0.25) is 0 Å². The highest BCUT2D eigenvalue weighted by molar-refractivity contribution is 7.10. The minimum atomic E-state index is -0.845. The number of thiophene rings is 1. The van der Waals surface area contributed by atoms with E-state index < -0.39 is 12.1 Å². The van der Waals surface area contributed by atoms with Gasteiger partial charge in [0.1, 0.15) is 6.10 Å². The highest BCUT2D eigenvalue weighted by atomic mass is 32.1. The summed E-state index contributed by atoms with van der Waals surface area (Å²) in [4.78, 5) is 11.5. The molecule has 1 rings (SSSR count). The number of aliphatic carboxylic acids is 1. The van der Waals surface area contributed by atoms with Gasteiger partial charge in [-0.1, -0.05) is 6.07 Å². The fourth-order valence-corrected chi connectivity index (χ4v) is 2.59. The largest absolute Gasteiger partial charge is 0.481 e. The molecule has 19 heavy (non-hydrogen) atoms. The predicted molar refractivity (Wildman–Crippen MR) is 74.4 cm³/mol. The fourth-order valence-electron chi connectivity index (χ4n) is 1.81. The molecule has 0 fully saturated rings. The van der Waals surface area contributed by atoms with Crippen LogP contribution < -0.4 is 5.32 Å². The van der Waals surface area contributed by atoms with Gasteiger partial charge in [0.15, 0.2) is 0 Å². The summed E-state index contributed by atoms with van der Waals surface area (Å²) in [6, 6.07) is 3.49. The number of hydrogen-bond acceptors (Lipinski definition) is 5. The minimum Gasteiger partial charge on any atom is -0.481 e. The first kappa shape index (κ1) is 16.1. The molecular weight excluding hydrogens is 266 g/mol. The summed E-state index contributed by atoms with van der Waals surface area (Å²) in [6.45, 7) is 1.34. The van der Waals surface area contributed by atoms with Gasteiger partial charge in [0.25, 0.3) is 0 Å². The second-order valence-corrected chi connectivity index (χ2v) is 5.28. The predicted octanol–water partition coefficient (Wildman–Crippen LogP) is 1.64. The van der Waals surface area contributed by atoms with Gasteiger partial charge in [-0.15, -0.1) is 11.3 Å². The number of carbonyl (C=O) groups is 1. The van der Waals surface area contributed by atoms with Gasteiger partial charge in [-0.05, 0) is 30.8 Å². The topological polar surface area (TPSA) is 78.8 Å². The van der Waals surface area contributed by atoms with Crippen molar-refractivity contribution in [3.8, 4) is 0 Å². The van der Waals surface area contributed by atoms with E-state index in [1.807, 2.05) is 17.5 Å². The molecule has 0 radical (unpaired) electrons. The molecule has 5 nitrogen and oxygen atoms in total. The third-order valence-corrected chi connectivity index (χ3v) is 3.76. The Hall–Kier alpha value is -0.950. The lowest BCUT2D eigenvalue weighted by molar-refractivity contribution is -0.137. The molecule has 2 atom stereocenters. The molecule has 0 bridgehead atoms. The molecular formula is C13H21NO4S. The average Bonchev–Trinajstić information content (AvgIpc) is 2.90. The number of nitrogens with one attached hydrogen (secondary N) is 1. The molecule has 2 unspecified atom stereocenters. The van der Waals surface area contributed by atoms with Crippen LogP contribution in [0.4, 0.5) is 0 Å². The van der Waals surface area contributed by atoms with E-state index in [0.29, 0.717) is 19.6 Å². The molecule has 108 valence electrons. The maximum absolute atomic E-state index is 10.7. The second-order valence-electron chi connectivity index (χ2n) is 4.30. The highest BCUT2D eigenvalue weighted by Gasteiger charge is 2.21. The Balaban J connectivity index is 2.50. The van der Waals surface area contributed by atoms with Crippen molar-refractivity contribution in [3.63, 3.8) is 0 Å². The summed E-state index contributed by atoms with van der Waals surface area (Å²) in [5.41, 5.74) is 0. The Morgan fingerprint density at radius 3 is 2.95 bits per heavy atom. The SMILES string of the molecule is COCCCNC(CCC(=O)O)C(O)c1cccs1. The molecule has 0 amide bonds. The molecule has 0 saturated carbocycles. The van der Waals surface area contributed by atoms with Gasteiger partial charge in [0.05, 0.1) is 0 Å². The van der Waals surface area contributed by atoms with E-state index in [1.54, 1.807) is 7.11 Å². The van der Waals surface area contributed by atoms with Gasteiger partial charge >= 0.3 is 5.97 Å². The van der Waals surface area contributed by atoms with Crippen LogP contribution in [-0.4, -0.2) is 42.5 Å². The monoisotopic (exact) mass is 287 g/mol. The Morgan fingerprint density at radius 1 is 1.58 bits per heavy atom. The zero-order valence-electron chi connectivity index (χ0n) is 11.0. The van der Waals surface area contributed by atoms with E-state index in [-0.39, 0.29) is 12.5 Å². The van der Waals surface area contributed by atoms with Crippen molar-refractivity contribution in [2.75, 3.05) is 20.3 Å². The maximum atomic E-state index is 10.7. The molecule has 6 heteroatoms. The molecule has 1 heterocycles. The summed E-state index contributed by atoms with van der Waals surface area (Å²) >= 11 is 1.48. The first-order chi connectivity index (χ1) is 9.15. The van der Waals surface area contributed by atoms with E-state index in [1.165, 1.54) is 11.3 Å². The molecule has 3 N–H and O–H groups in total. The summed E-state index contributed by atoms with van der Waals surface area (Å²) in [5, 5.41) is 24.1. The smallest absolute Gasteiger partial charge is 0.303 e. The zero-order chi connectivity index (χ0) is 14.1. The van der Waals surface area contributed by atoms with Crippen LogP contribution in [0.3, 0.4) is 0 Å². The van der Waals surface area contributed by atoms with Crippen molar-refractivity contribution in [2.45, 2.75) is 31.4 Å². The summed E-state index contributed by atoms with van der Waals surface area (Å²) in [6.07, 6.45) is 0.616. The van der Waals surface area contributed by atoms with Gasteiger partial charge < -0.3 is 20.3 Å². The van der Waals surface area contributed by atoms with Crippen LogP contribution >= 0.6 is 11.3 Å². The van der Waals surface area contributed by atoms with E-state index in [4.69, 9.17) is 9.84 Å². The van der Waals surface area contributed by atoms with E-state index in [0.717, 1.165) is 11.3 Å². The van der Waals surface area contributed by atoms with Crippen molar-refractivity contribution in [2.24, 2.45) is 0 Å². The Labute approximate surface area is 117 Å². The average molecular weight is 287 g/mol. The number of carboxylic acid groups (broad SMARTS) is 1. The number of carboxylic acids is 1. The number of ether oxygens (including phenoxy) is 1. The minimum absolute atomic E-state index is 0.0460. The van der Waals surface area contributed by atoms with E-state index >= 15 is 0 Å². The van der Waals surface area contributed by atoms with Crippen molar-refractivity contribution in [1.29, 1.82) is 0 Å². The van der Waals surface area contributed by atoms with Crippen LogP contribution in [0.5, 0.6) is 0 Å². The molecule has 0 aliphatic heterocycles. The molecule has 1 aromatic heterocycles. The van der Waals surface area contributed by atoms with Gasteiger partial charge in [0, 0.05) is 31.1 Å². The molecule has 0 saturated heterocycles. The van der Waals surface area contributed by atoms with Crippen molar-refractivity contribution in [3.05, 3.63) is 22.4 Å². The summed E-state index contributed by atoms with van der Waals surface area (Å²) in [7, 11) is 1.64. The van der Waals surface area contributed by atoms with Crippen molar-refractivity contribution < 1.29 is 19.7 Å². The van der Waals surface area contributed by atoms with Crippen LogP contribution in [0, 0.1) is 0 Å². The first-order valence-electron chi connectivity index (χ1n) is 6.30. The quantitative estimate of drug-likeness (QED) is 0.570. The number of rotatable bonds is 10. The summed E-state index contributed by atoms with van der Waals surface area (Å²) < 4.78 is 4.96. The molecule has 0 aromatic carbocycles. The lowest BCUT2D eigenvalue weighted by Gasteiger charge is -2.23. The lowest BCUT2D eigenvalue weighted by Crippen LogP contribution is -2.36. The van der Waals surface area contributed by atoms with Crippen molar-refractivity contribution in [1.82, 2.24) is 5.32 Å². The Kier molecular flexibility index (Phi) is 7.66. The number of hydrogen-bond donors (Lipinski definition) is 3. The first-order valence-corrected chi connectivity index (χ1v) is 7.18. The van der Waals surface area contributed by atoms with Crippen LogP contribution in [0.1, 0.15) is 30.2 Å². The molecule has 1 aromatic rings. The summed E-state index contributed by atoms with van der Waals surface area (Å²) in [5.74, 6) is -0.845. The fraction of sp³-hybridized carbons (Fsp3) is 0.615. The zero-order valence-corrected chi connectivity index (χ0v) is 11.9. The standard InChI is InChI=1S/C13H21NO4S/c1-18-8-3-7-14-10(5-6-12(15)16)13(17)11-4-2-9-19-11/h2,4,9-10,13-14,17H,3,5-8H2,1H3,(H,15,16). The van der Waals surface area contributed by atoms with E-state index in [2.05, 4.69) is 5.32 Å². The van der Waals surface area contributed by atoms with Gasteiger partial charge in [-0.2, -0.15) is 0 Å². The number of methoxy groups -OCH3 is 1. The van der Waals surface area contributed by atoms with E-state index in [9.17, 15) is 9.90 Å². The van der Waals surface area contributed by atoms with Crippen LogP contribution in [-0.2, 0) is 9.53 Å². The normalized spacial score (nSPS) is 14.2. The van der Waals surface area contributed by atoms with Gasteiger partial charge in [-0.25, -0.2) is 0 Å². The molecule has 0 spiro atoms. The lowest BCUT2D eigenvalue weighted by atomic mass is 10.0. The van der Waals surface area contributed by atoms with Gasteiger partial charge in [-0.3, -0.25) is 4.79 Å². The third kappa shape index (κ3) is 6.15. The number of aliphatic hydroxyl groups is 1. The van der Waals surface area contributed by atoms with Crippen molar-refractivity contribution >= 4 is 17.3 Å². The third-order valence-electron chi connectivity index (χ3n) is 2.82. The molecule has 0 aliphatic carbocycles.